The Balaban J connectivity index is 2.58. The van der Waals surface area contributed by atoms with E-state index >= 15 is 0 Å². The third kappa shape index (κ3) is 2.29. The van der Waals surface area contributed by atoms with Crippen LogP contribution in [0.3, 0.4) is 0 Å². The number of methoxy groups -OCH3 is 2. The van der Waals surface area contributed by atoms with Gasteiger partial charge >= 0.3 is 5.97 Å². The summed E-state index contributed by atoms with van der Waals surface area (Å²) in [7, 11) is 4.65. The number of benzene rings is 1. The highest BCUT2D eigenvalue weighted by molar-refractivity contribution is 5.94. The van der Waals surface area contributed by atoms with Gasteiger partial charge in [-0.15, -0.1) is 5.10 Å². The summed E-state index contributed by atoms with van der Waals surface area (Å²) in [4.78, 5) is 11.7. The van der Waals surface area contributed by atoms with Crippen molar-refractivity contribution in [1.82, 2.24) is 15.0 Å². The van der Waals surface area contributed by atoms with Gasteiger partial charge in [-0.25, -0.2) is 9.48 Å². The Labute approximate surface area is 110 Å². The normalized spacial score (nSPS) is 10.3. The molecule has 19 heavy (non-hydrogen) atoms. The molecule has 1 aromatic carbocycles. The second kappa shape index (κ2) is 5.09. The van der Waals surface area contributed by atoms with Gasteiger partial charge in [0.1, 0.15) is 11.3 Å². The fourth-order valence-electron chi connectivity index (χ4n) is 1.98. The van der Waals surface area contributed by atoms with Gasteiger partial charge in [0.15, 0.2) is 0 Å². The molecule has 6 nitrogen and oxygen atoms in total. The molecule has 0 aliphatic carbocycles. The van der Waals surface area contributed by atoms with Crippen LogP contribution < -0.4 is 4.74 Å². The van der Waals surface area contributed by atoms with E-state index in [1.54, 1.807) is 23.9 Å². The standard InChI is InChI=1S/C13H15N3O3/c1-8-12(16(2)15-14-8)9-5-6-11(18-3)10(7-9)13(17)19-4/h5-7H,1-4H3. The topological polar surface area (TPSA) is 66.2 Å². The summed E-state index contributed by atoms with van der Waals surface area (Å²) in [6.45, 7) is 1.87. The van der Waals surface area contributed by atoms with E-state index in [0.29, 0.717) is 11.3 Å². The molecule has 0 aliphatic rings. The molecule has 2 aromatic rings. The fraction of sp³-hybridized carbons (Fsp3) is 0.308. The van der Waals surface area contributed by atoms with E-state index in [9.17, 15) is 4.79 Å². The maximum atomic E-state index is 11.7. The van der Waals surface area contributed by atoms with Gasteiger partial charge in [-0.1, -0.05) is 5.21 Å². The van der Waals surface area contributed by atoms with Crippen LogP contribution in [-0.4, -0.2) is 35.2 Å². The molecule has 0 atom stereocenters. The van der Waals surface area contributed by atoms with Crippen molar-refractivity contribution >= 4 is 5.97 Å². The van der Waals surface area contributed by atoms with E-state index in [-0.39, 0.29) is 0 Å². The summed E-state index contributed by atoms with van der Waals surface area (Å²) < 4.78 is 11.6. The maximum Gasteiger partial charge on any atom is 0.341 e. The van der Waals surface area contributed by atoms with E-state index in [1.807, 2.05) is 13.0 Å². The second-order valence-corrected chi connectivity index (χ2v) is 4.05. The van der Waals surface area contributed by atoms with Gasteiger partial charge in [0.2, 0.25) is 0 Å². The van der Waals surface area contributed by atoms with Gasteiger partial charge in [-0.2, -0.15) is 0 Å². The summed E-state index contributed by atoms with van der Waals surface area (Å²) in [6.07, 6.45) is 0. The Hall–Kier alpha value is -2.37. The summed E-state index contributed by atoms with van der Waals surface area (Å²) in [6, 6.07) is 5.31. The molecule has 1 aromatic heterocycles. The third-order valence-corrected chi connectivity index (χ3v) is 2.87. The summed E-state index contributed by atoms with van der Waals surface area (Å²) in [5.74, 6) is 0.0369. The molecule has 0 aliphatic heterocycles. The van der Waals surface area contributed by atoms with E-state index in [0.717, 1.165) is 17.0 Å². The average Bonchev–Trinajstić information content (AvgIpc) is 2.76. The van der Waals surface area contributed by atoms with Crippen LogP contribution in [-0.2, 0) is 11.8 Å². The van der Waals surface area contributed by atoms with Gasteiger partial charge in [-0.3, -0.25) is 0 Å². The highest BCUT2D eigenvalue weighted by Crippen LogP contribution is 2.28. The monoisotopic (exact) mass is 261 g/mol. The summed E-state index contributed by atoms with van der Waals surface area (Å²) >= 11 is 0. The lowest BCUT2D eigenvalue weighted by atomic mass is 10.1. The van der Waals surface area contributed by atoms with E-state index in [4.69, 9.17) is 9.47 Å². The van der Waals surface area contributed by atoms with Crippen LogP contribution in [0.15, 0.2) is 18.2 Å². The van der Waals surface area contributed by atoms with E-state index in [2.05, 4.69) is 10.3 Å². The fourth-order valence-corrected chi connectivity index (χ4v) is 1.98. The lowest BCUT2D eigenvalue weighted by Gasteiger charge is -2.09. The first-order valence-electron chi connectivity index (χ1n) is 5.71. The van der Waals surface area contributed by atoms with Crippen molar-refractivity contribution in [2.75, 3.05) is 14.2 Å². The van der Waals surface area contributed by atoms with Gasteiger partial charge in [0.25, 0.3) is 0 Å². The lowest BCUT2D eigenvalue weighted by Crippen LogP contribution is -2.05. The van der Waals surface area contributed by atoms with Crippen LogP contribution in [0.5, 0.6) is 5.75 Å². The predicted octanol–water partition coefficient (Wildman–Crippen LogP) is 1.59. The number of aromatic nitrogens is 3. The number of nitrogens with zero attached hydrogens (tertiary/aromatic N) is 3. The lowest BCUT2D eigenvalue weighted by molar-refractivity contribution is 0.0597. The van der Waals surface area contributed by atoms with Crippen molar-refractivity contribution in [3.63, 3.8) is 0 Å². The molecule has 6 heteroatoms. The highest BCUT2D eigenvalue weighted by Gasteiger charge is 2.16. The van der Waals surface area contributed by atoms with Gasteiger partial charge in [0, 0.05) is 12.6 Å². The molecule has 0 radical (unpaired) electrons. The number of ether oxygens (including phenoxy) is 2. The number of aryl methyl sites for hydroxylation is 2. The molecule has 0 unspecified atom stereocenters. The number of rotatable bonds is 3. The van der Waals surface area contributed by atoms with Crippen LogP contribution in [0.25, 0.3) is 11.3 Å². The molecule has 2 rings (SSSR count). The Bertz CT molecular complexity index is 600. The molecule has 0 N–H and O–H groups in total. The zero-order chi connectivity index (χ0) is 14.0. The minimum Gasteiger partial charge on any atom is -0.496 e. The number of hydrogen-bond acceptors (Lipinski definition) is 5. The number of hydrogen-bond donors (Lipinski definition) is 0. The molecule has 1 heterocycles. The van der Waals surface area contributed by atoms with E-state index in [1.165, 1.54) is 14.2 Å². The van der Waals surface area contributed by atoms with Crippen molar-refractivity contribution in [2.45, 2.75) is 6.92 Å². The van der Waals surface area contributed by atoms with Crippen LogP contribution >= 0.6 is 0 Å². The SMILES string of the molecule is COC(=O)c1cc(-c2c(C)nnn2C)ccc1OC. The predicted molar refractivity (Wildman–Crippen MR) is 69.1 cm³/mol. The Morgan fingerprint density at radius 3 is 2.58 bits per heavy atom. The molecule has 0 saturated heterocycles. The molecular weight excluding hydrogens is 246 g/mol. The van der Waals surface area contributed by atoms with E-state index < -0.39 is 5.97 Å². The Morgan fingerprint density at radius 2 is 2.05 bits per heavy atom. The highest BCUT2D eigenvalue weighted by atomic mass is 16.5. The molecule has 0 spiro atoms. The molecule has 0 bridgehead atoms. The molecule has 0 saturated carbocycles. The van der Waals surface area contributed by atoms with Gasteiger partial charge < -0.3 is 9.47 Å². The Kier molecular flexibility index (Phi) is 3.50. The number of carbonyl (C=O) groups is 1. The number of esters is 1. The smallest absolute Gasteiger partial charge is 0.341 e. The number of carbonyl (C=O) groups excluding carboxylic acids is 1. The first-order chi connectivity index (χ1) is 9.08. The molecule has 0 fully saturated rings. The van der Waals surface area contributed by atoms with Gasteiger partial charge in [-0.05, 0) is 25.1 Å². The first-order valence-corrected chi connectivity index (χ1v) is 5.71. The minimum absolute atomic E-state index is 0.378. The van der Waals surface area contributed by atoms with Crippen molar-refractivity contribution in [3.8, 4) is 17.0 Å². The Morgan fingerprint density at radius 1 is 1.32 bits per heavy atom. The van der Waals surface area contributed by atoms with Crippen LogP contribution in [0, 0.1) is 6.92 Å². The van der Waals surface area contributed by atoms with Crippen molar-refractivity contribution < 1.29 is 14.3 Å². The molecular formula is C13H15N3O3. The van der Waals surface area contributed by atoms with Crippen molar-refractivity contribution in [3.05, 3.63) is 29.5 Å². The first kappa shape index (κ1) is 13.1. The van der Waals surface area contributed by atoms with Crippen LogP contribution in [0.1, 0.15) is 16.1 Å². The summed E-state index contributed by atoms with van der Waals surface area (Å²) in [5, 5.41) is 7.94. The molecule has 100 valence electrons. The van der Waals surface area contributed by atoms with Crippen LogP contribution in [0.2, 0.25) is 0 Å². The van der Waals surface area contributed by atoms with Crippen LogP contribution in [0.4, 0.5) is 0 Å². The zero-order valence-corrected chi connectivity index (χ0v) is 11.3. The van der Waals surface area contributed by atoms with Crippen molar-refractivity contribution in [2.24, 2.45) is 7.05 Å². The summed E-state index contributed by atoms with van der Waals surface area (Å²) in [5.41, 5.74) is 2.87. The second-order valence-electron chi connectivity index (χ2n) is 4.05. The van der Waals surface area contributed by atoms with Gasteiger partial charge in [0.05, 0.1) is 25.6 Å². The molecule has 0 amide bonds. The third-order valence-electron chi connectivity index (χ3n) is 2.87. The zero-order valence-electron chi connectivity index (χ0n) is 11.3. The van der Waals surface area contributed by atoms with Crippen molar-refractivity contribution in [1.29, 1.82) is 0 Å². The maximum absolute atomic E-state index is 11.7. The minimum atomic E-state index is -0.438. The largest absolute Gasteiger partial charge is 0.496 e. The average molecular weight is 261 g/mol. The quantitative estimate of drug-likeness (QED) is 0.785.